The fraction of sp³-hybridized carbons (Fsp3) is 0.312. The lowest BCUT2D eigenvalue weighted by atomic mass is 10.1. The van der Waals surface area contributed by atoms with E-state index in [2.05, 4.69) is 20.0 Å². The Hall–Kier alpha value is -2.25. The van der Waals surface area contributed by atoms with Crippen molar-refractivity contribution in [3.05, 3.63) is 56.6 Å². The van der Waals surface area contributed by atoms with Crippen molar-refractivity contribution in [2.45, 2.75) is 26.4 Å². The molecule has 1 aliphatic heterocycles. The largest absolute Gasteiger partial charge is 0.361 e. The molecule has 0 saturated carbocycles. The van der Waals surface area contributed by atoms with Crippen LogP contribution in [0.15, 0.2) is 32.9 Å². The van der Waals surface area contributed by atoms with Crippen LogP contribution in [-0.4, -0.2) is 26.6 Å². The number of thiophene rings is 1. The fourth-order valence-electron chi connectivity index (χ4n) is 2.88. The molecule has 1 aliphatic rings. The first kappa shape index (κ1) is 14.3. The van der Waals surface area contributed by atoms with Crippen LogP contribution in [0.5, 0.6) is 0 Å². The van der Waals surface area contributed by atoms with E-state index in [-0.39, 0.29) is 5.56 Å². The highest BCUT2D eigenvalue weighted by Gasteiger charge is 2.22. The zero-order valence-corrected chi connectivity index (χ0v) is 13.5. The molecule has 0 bridgehead atoms. The Kier molecular flexibility index (Phi) is 3.59. The molecule has 0 aliphatic carbocycles. The van der Waals surface area contributed by atoms with Crippen molar-refractivity contribution in [3.8, 4) is 10.7 Å². The Labute approximate surface area is 136 Å². The van der Waals surface area contributed by atoms with Crippen LogP contribution in [0.25, 0.3) is 10.7 Å². The number of aryl methyl sites for hydroxylation is 1. The van der Waals surface area contributed by atoms with Crippen molar-refractivity contribution in [2.24, 2.45) is 0 Å². The molecule has 7 heteroatoms. The standard InChI is InChI=1S/C16H16N4O2S/c1-10-7-11(19-22-10)8-20-5-4-12-13(9-20)17-15(18-16(12)21)14-3-2-6-23-14/h2-3,6-7H,4-5,8-9H2,1H3,(H,17,18,21). The number of aromatic nitrogens is 3. The summed E-state index contributed by atoms with van der Waals surface area (Å²) in [6, 6.07) is 5.87. The van der Waals surface area contributed by atoms with Gasteiger partial charge in [0.1, 0.15) is 5.76 Å². The van der Waals surface area contributed by atoms with Gasteiger partial charge in [0.15, 0.2) is 5.82 Å². The van der Waals surface area contributed by atoms with Crippen molar-refractivity contribution in [2.75, 3.05) is 6.54 Å². The van der Waals surface area contributed by atoms with E-state index in [0.29, 0.717) is 25.3 Å². The van der Waals surface area contributed by atoms with Gasteiger partial charge in [0.2, 0.25) is 0 Å². The van der Waals surface area contributed by atoms with Crippen LogP contribution in [0.4, 0.5) is 0 Å². The maximum Gasteiger partial charge on any atom is 0.254 e. The van der Waals surface area contributed by atoms with E-state index in [9.17, 15) is 4.79 Å². The molecule has 4 rings (SSSR count). The first-order valence-corrected chi connectivity index (χ1v) is 8.37. The fourth-order valence-corrected chi connectivity index (χ4v) is 3.55. The van der Waals surface area contributed by atoms with E-state index in [1.165, 1.54) is 0 Å². The first-order valence-electron chi connectivity index (χ1n) is 7.49. The van der Waals surface area contributed by atoms with E-state index in [1.54, 1.807) is 11.3 Å². The van der Waals surface area contributed by atoms with Gasteiger partial charge in [-0.1, -0.05) is 11.2 Å². The van der Waals surface area contributed by atoms with Gasteiger partial charge < -0.3 is 9.51 Å². The van der Waals surface area contributed by atoms with Crippen LogP contribution in [-0.2, 0) is 19.5 Å². The van der Waals surface area contributed by atoms with Crippen molar-refractivity contribution < 1.29 is 4.52 Å². The molecule has 23 heavy (non-hydrogen) atoms. The number of hydrogen-bond donors (Lipinski definition) is 1. The van der Waals surface area contributed by atoms with Crippen molar-refractivity contribution >= 4 is 11.3 Å². The lowest BCUT2D eigenvalue weighted by Crippen LogP contribution is -2.35. The summed E-state index contributed by atoms with van der Waals surface area (Å²) >= 11 is 1.57. The number of H-pyrrole nitrogens is 1. The van der Waals surface area contributed by atoms with Crippen LogP contribution in [0, 0.1) is 6.92 Å². The molecule has 0 unspecified atom stereocenters. The van der Waals surface area contributed by atoms with Gasteiger partial charge in [-0.25, -0.2) is 4.98 Å². The minimum Gasteiger partial charge on any atom is -0.361 e. The van der Waals surface area contributed by atoms with Crippen LogP contribution < -0.4 is 5.56 Å². The van der Waals surface area contributed by atoms with Crippen LogP contribution >= 0.6 is 11.3 Å². The Morgan fingerprint density at radius 1 is 1.48 bits per heavy atom. The van der Waals surface area contributed by atoms with E-state index < -0.39 is 0 Å². The SMILES string of the molecule is Cc1cc(CN2CCc3c(nc(-c4cccs4)[nH]c3=O)C2)no1. The Balaban J connectivity index is 1.61. The molecule has 1 N–H and O–H groups in total. The molecule has 6 nitrogen and oxygen atoms in total. The summed E-state index contributed by atoms with van der Waals surface area (Å²) in [5.74, 6) is 1.47. The molecule has 0 amide bonds. The molecule has 3 aromatic heterocycles. The summed E-state index contributed by atoms with van der Waals surface area (Å²) in [6.07, 6.45) is 0.708. The van der Waals surface area contributed by atoms with Crippen LogP contribution in [0.3, 0.4) is 0 Å². The monoisotopic (exact) mass is 328 g/mol. The summed E-state index contributed by atoms with van der Waals surface area (Å²) < 4.78 is 5.12. The second-order valence-corrected chi connectivity index (χ2v) is 6.65. The van der Waals surface area contributed by atoms with Gasteiger partial charge in [-0.3, -0.25) is 9.69 Å². The van der Waals surface area contributed by atoms with Crippen molar-refractivity contribution in [1.82, 2.24) is 20.0 Å². The Morgan fingerprint density at radius 3 is 3.13 bits per heavy atom. The third kappa shape index (κ3) is 2.85. The highest BCUT2D eigenvalue weighted by atomic mass is 32.1. The van der Waals surface area contributed by atoms with Gasteiger partial charge in [-0.05, 0) is 24.8 Å². The smallest absolute Gasteiger partial charge is 0.254 e. The lowest BCUT2D eigenvalue weighted by molar-refractivity contribution is 0.232. The molecule has 0 atom stereocenters. The molecular weight excluding hydrogens is 312 g/mol. The number of nitrogens with one attached hydrogen (secondary N) is 1. The Bertz CT molecular complexity index is 882. The first-order chi connectivity index (χ1) is 11.2. The molecular formula is C16H16N4O2S. The number of aromatic amines is 1. The predicted octanol–water partition coefficient (Wildman–Crippen LogP) is 2.35. The molecule has 0 saturated heterocycles. The summed E-state index contributed by atoms with van der Waals surface area (Å²) in [6.45, 7) is 4.07. The molecule has 4 heterocycles. The summed E-state index contributed by atoms with van der Waals surface area (Å²) in [5, 5.41) is 6.02. The molecule has 0 fully saturated rings. The second-order valence-electron chi connectivity index (χ2n) is 5.71. The molecule has 3 aromatic rings. The topological polar surface area (TPSA) is 75.0 Å². The zero-order chi connectivity index (χ0) is 15.8. The van der Waals surface area contributed by atoms with Gasteiger partial charge in [0.05, 0.1) is 16.3 Å². The van der Waals surface area contributed by atoms with Gasteiger partial charge in [0, 0.05) is 31.3 Å². The quantitative estimate of drug-likeness (QED) is 0.799. The summed E-state index contributed by atoms with van der Waals surface area (Å²) in [5.41, 5.74) is 2.56. The molecule has 0 radical (unpaired) electrons. The second kappa shape index (κ2) is 5.75. The van der Waals surface area contributed by atoms with Gasteiger partial charge in [-0.15, -0.1) is 11.3 Å². The minimum atomic E-state index is -0.0182. The van der Waals surface area contributed by atoms with E-state index >= 15 is 0 Å². The van der Waals surface area contributed by atoms with Crippen molar-refractivity contribution in [3.63, 3.8) is 0 Å². The van der Waals surface area contributed by atoms with Crippen molar-refractivity contribution in [1.29, 1.82) is 0 Å². The molecule has 118 valence electrons. The normalized spacial score (nSPS) is 14.8. The lowest BCUT2D eigenvalue weighted by Gasteiger charge is -2.26. The highest BCUT2D eigenvalue weighted by molar-refractivity contribution is 7.13. The van der Waals surface area contributed by atoms with Gasteiger partial charge >= 0.3 is 0 Å². The third-order valence-corrected chi connectivity index (χ3v) is 4.85. The number of nitrogens with zero attached hydrogens (tertiary/aromatic N) is 3. The minimum absolute atomic E-state index is 0.0182. The summed E-state index contributed by atoms with van der Waals surface area (Å²) in [7, 11) is 0. The Morgan fingerprint density at radius 2 is 2.39 bits per heavy atom. The van der Waals surface area contributed by atoms with Crippen LogP contribution in [0.2, 0.25) is 0 Å². The van der Waals surface area contributed by atoms with Crippen LogP contribution in [0.1, 0.15) is 22.7 Å². The van der Waals surface area contributed by atoms with Gasteiger partial charge in [-0.2, -0.15) is 0 Å². The summed E-state index contributed by atoms with van der Waals surface area (Å²) in [4.78, 5) is 23.1. The van der Waals surface area contributed by atoms with E-state index in [4.69, 9.17) is 4.52 Å². The number of rotatable bonds is 3. The number of hydrogen-bond acceptors (Lipinski definition) is 6. The van der Waals surface area contributed by atoms with E-state index in [1.807, 2.05) is 30.5 Å². The van der Waals surface area contributed by atoms with Gasteiger partial charge in [0.25, 0.3) is 5.56 Å². The molecule has 0 aromatic carbocycles. The third-order valence-electron chi connectivity index (χ3n) is 3.97. The van der Waals surface area contributed by atoms with E-state index in [0.717, 1.165) is 34.1 Å². The highest BCUT2D eigenvalue weighted by Crippen LogP contribution is 2.23. The average molecular weight is 328 g/mol. The predicted molar refractivity (Wildman–Crippen MR) is 87.2 cm³/mol. The molecule has 0 spiro atoms. The number of fused-ring (bicyclic) bond motifs is 1. The maximum atomic E-state index is 12.3. The zero-order valence-electron chi connectivity index (χ0n) is 12.7. The maximum absolute atomic E-state index is 12.3. The average Bonchev–Trinajstić information content (AvgIpc) is 3.19.